The maximum atomic E-state index is 3.32. The Balaban J connectivity index is 2.23. The van der Waals surface area contributed by atoms with Crippen LogP contribution in [0.3, 0.4) is 0 Å². The quantitative estimate of drug-likeness (QED) is 0.747. The molecule has 1 heterocycles. The second-order valence-corrected chi connectivity index (χ2v) is 3.49. The van der Waals surface area contributed by atoms with E-state index in [9.17, 15) is 0 Å². The Morgan fingerprint density at radius 3 is 2.93 bits per heavy atom. The Labute approximate surface area is 85.2 Å². The molecule has 0 amide bonds. The fraction of sp³-hybridized carbons (Fsp3) is 0.231. The van der Waals surface area contributed by atoms with Gasteiger partial charge in [-0.3, -0.25) is 0 Å². The minimum Gasteiger partial charge on any atom is -0.381 e. The normalized spacial score (nSPS) is 19.4. The molecule has 0 aliphatic carbocycles. The molecular formula is C13H15N. The highest BCUT2D eigenvalue weighted by Crippen LogP contribution is 2.18. The van der Waals surface area contributed by atoms with Gasteiger partial charge in [0.2, 0.25) is 0 Å². The molecule has 1 aliphatic heterocycles. The number of nitrogens with one attached hydrogen (secondary N) is 1. The van der Waals surface area contributed by atoms with Crippen LogP contribution in [0, 0.1) is 0 Å². The largest absolute Gasteiger partial charge is 0.381 e. The van der Waals surface area contributed by atoms with Gasteiger partial charge in [-0.1, -0.05) is 43.3 Å². The zero-order valence-electron chi connectivity index (χ0n) is 8.40. The summed E-state index contributed by atoms with van der Waals surface area (Å²) in [6, 6.07) is 9.07. The highest BCUT2D eigenvalue weighted by Gasteiger charge is 2.06. The molecule has 0 bridgehead atoms. The van der Waals surface area contributed by atoms with Crippen LogP contribution in [0.15, 0.2) is 48.7 Å². The van der Waals surface area contributed by atoms with Crippen LogP contribution in [0.5, 0.6) is 0 Å². The van der Waals surface area contributed by atoms with Crippen molar-refractivity contribution in [3.8, 4) is 0 Å². The van der Waals surface area contributed by atoms with Gasteiger partial charge in [0.15, 0.2) is 0 Å². The molecule has 0 spiro atoms. The molecule has 2 rings (SSSR count). The molecule has 0 saturated heterocycles. The molecule has 1 nitrogen and oxygen atoms in total. The third-order valence-electron chi connectivity index (χ3n) is 2.51. The molecule has 0 aromatic heterocycles. The maximum absolute atomic E-state index is 3.32. The Morgan fingerprint density at radius 2 is 2.21 bits per heavy atom. The van der Waals surface area contributed by atoms with Crippen LogP contribution in [0.1, 0.15) is 24.1 Å². The van der Waals surface area contributed by atoms with E-state index in [2.05, 4.69) is 48.7 Å². The van der Waals surface area contributed by atoms with Crippen LogP contribution in [0.2, 0.25) is 0 Å². The number of hydrogen-bond acceptors (Lipinski definition) is 1. The van der Waals surface area contributed by atoms with Crippen molar-refractivity contribution in [2.75, 3.05) is 0 Å². The van der Waals surface area contributed by atoms with E-state index in [4.69, 9.17) is 0 Å². The van der Waals surface area contributed by atoms with Gasteiger partial charge in [0.05, 0.1) is 6.04 Å². The summed E-state index contributed by atoms with van der Waals surface area (Å²) in [5, 5.41) is 3.32. The summed E-state index contributed by atoms with van der Waals surface area (Å²) in [6.07, 6.45) is 9.36. The van der Waals surface area contributed by atoms with Gasteiger partial charge in [-0.15, -0.1) is 0 Å². The van der Waals surface area contributed by atoms with Crippen LogP contribution in [-0.4, -0.2) is 0 Å². The average molecular weight is 185 g/mol. The Bertz CT molecular complexity index is 363. The molecule has 1 aliphatic rings. The number of dihydropyridines is 1. The second-order valence-electron chi connectivity index (χ2n) is 3.49. The highest BCUT2D eigenvalue weighted by atomic mass is 14.9. The van der Waals surface area contributed by atoms with Gasteiger partial charge in [-0.2, -0.15) is 0 Å². The van der Waals surface area contributed by atoms with Gasteiger partial charge in [0.25, 0.3) is 0 Å². The molecule has 14 heavy (non-hydrogen) atoms. The lowest BCUT2D eigenvalue weighted by Gasteiger charge is -2.16. The highest BCUT2D eigenvalue weighted by molar-refractivity contribution is 5.31. The van der Waals surface area contributed by atoms with Crippen LogP contribution >= 0.6 is 0 Å². The summed E-state index contributed by atoms with van der Waals surface area (Å²) >= 11 is 0. The van der Waals surface area contributed by atoms with E-state index in [1.807, 2.05) is 12.3 Å². The number of hydrogen-bond donors (Lipinski definition) is 1. The maximum Gasteiger partial charge on any atom is 0.0695 e. The summed E-state index contributed by atoms with van der Waals surface area (Å²) in [5.41, 5.74) is 2.73. The predicted octanol–water partition coefficient (Wildman–Crippen LogP) is 2.96. The van der Waals surface area contributed by atoms with E-state index < -0.39 is 0 Å². The van der Waals surface area contributed by atoms with Gasteiger partial charge in [0.1, 0.15) is 0 Å². The number of aryl methyl sites for hydroxylation is 1. The topological polar surface area (TPSA) is 12.0 Å². The first-order chi connectivity index (χ1) is 6.90. The van der Waals surface area contributed by atoms with E-state index in [0.29, 0.717) is 6.04 Å². The average Bonchev–Trinajstić information content (AvgIpc) is 2.30. The molecule has 1 aromatic rings. The van der Waals surface area contributed by atoms with Crippen molar-refractivity contribution in [3.05, 3.63) is 59.8 Å². The van der Waals surface area contributed by atoms with Gasteiger partial charge in [-0.05, 0) is 29.8 Å². The van der Waals surface area contributed by atoms with Gasteiger partial charge < -0.3 is 5.32 Å². The zero-order valence-corrected chi connectivity index (χ0v) is 8.40. The molecule has 1 heteroatoms. The van der Waals surface area contributed by atoms with Crippen LogP contribution in [-0.2, 0) is 6.42 Å². The van der Waals surface area contributed by atoms with Crippen LogP contribution in [0.4, 0.5) is 0 Å². The second kappa shape index (κ2) is 4.14. The van der Waals surface area contributed by atoms with E-state index in [1.54, 1.807) is 0 Å². The van der Waals surface area contributed by atoms with Crippen molar-refractivity contribution in [1.29, 1.82) is 0 Å². The van der Waals surface area contributed by atoms with Crippen LogP contribution in [0.25, 0.3) is 0 Å². The molecule has 0 saturated carbocycles. The third kappa shape index (κ3) is 1.87. The first-order valence-corrected chi connectivity index (χ1v) is 5.08. The van der Waals surface area contributed by atoms with Gasteiger partial charge in [0, 0.05) is 0 Å². The summed E-state index contributed by atoms with van der Waals surface area (Å²) in [6.45, 7) is 2.18. The minimum absolute atomic E-state index is 0.339. The first-order valence-electron chi connectivity index (χ1n) is 5.08. The molecule has 1 aromatic carbocycles. The van der Waals surface area contributed by atoms with Crippen molar-refractivity contribution in [2.45, 2.75) is 19.4 Å². The molecule has 1 atom stereocenters. The fourth-order valence-electron chi connectivity index (χ4n) is 1.66. The zero-order chi connectivity index (χ0) is 9.80. The molecule has 1 N–H and O–H groups in total. The summed E-state index contributed by atoms with van der Waals surface area (Å²) in [7, 11) is 0. The summed E-state index contributed by atoms with van der Waals surface area (Å²) in [4.78, 5) is 0. The first kappa shape index (κ1) is 9.07. The van der Waals surface area contributed by atoms with Crippen molar-refractivity contribution in [3.63, 3.8) is 0 Å². The Morgan fingerprint density at radius 1 is 1.29 bits per heavy atom. The van der Waals surface area contributed by atoms with Crippen molar-refractivity contribution in [1.82, 2.24) is 5.32 Å². The standard InChI is InChI=1S/C13H15N/c1-2-11-6-5-7-12(10-11)13-8-3-4-9-14-13/h3-10,13-14H,2H2,1H3. The minimum atomic E-state index is 0.339. The lowest BCUT2D eigenvalue weighted by Crippen LogP contribution is -2.14. The molecule has 0 fully saturated rings. The summed E-state index contributed by atoms with van der Waals surface area (Å²) in [5.74, 6) is 0. The van der Waals surface area contributed by atoms with E-state index in [-0.39, 0.29) is 0 Å². The summed E-state index contributed by atoms with van der Waals surface area (Å²) < 4.78 is 0. The SMILES string of the molecule is CCc1cccc(C2C=CC=CN2)c1. The van der Waals surface area contributed by atoms with Crippen molar-refractivity contribution < 1.29 is 0 Å². The number of allylic oxidation sites excluding steroid dienone is 2. The number of benzene rings is 1. The van der Waals surface area contributed by atoms with Crippen molar-refractivity contribution >= 4 is 0 Å². The van der Waals surface area contributed by atoms with Gasteiger partial charge >= 0.3 is 0 Å². The lowest BCUT2D eigenvalue weighted by molar-refractivity contribution is 0.745. The Hall–Kier alpha value is -1.50. The monoisotopic (exact) mass is 185 g/mol. The predicted molar refractivity (Wildman–Crippen MR) is 60.0 cm³/mol. The van der Waals surface area contributed by atoms with Gasteiger partial charge in [-0.25, -0.2) is 0 Å². The van der Waals surface area contributed by atoms with Crippen LogP contribution < -0.4 is 5.32 Å². The third-order valence-corrected chi connectivity index (χ3v) is 2.51. The molecular weight excluding hydrogens is 170 g/mol. The molecule has 72 valence electrons. The van der Waals surface area contributed by atoms with E-state index in [0.717, 1.165) is 6.42 Å². The van der Waals surface area contributed by atoms with E-state index in [1.165, 1.54) is 11.1 Å². The lowest BCUT2D eigenvalue weighted by atomic mass is 10.0. The molecule has 0 radical (unpaired) electrons. The Kier molecular flexibility index (Phi) is 2.68. The fourth-order valence-corrected chi connectivity index (χ4v) is 1.66. The van der Waals surface area contributed by atoms with Crippen molar-refractivity contribution in [2.24, 2.45) is 0 Å². The number of rotatable bonds is 2. The van der Waals surface area contributed by atoms with E-state index >= 15 is 0 Å². The smallest absolute Gasteiger partial charge is 0.0695 e. The molecule has 1 unspecified atom stereocenters.